The number of H-pyrrole nitrogens is 1. The molecule has 1 atom stereocenters. The molecule has 0 aromatic carbocycles. The van der Waals surface area contributed by atoms with Crippen molar-refractivity contribution in [3.8, 4) is 0 Å². The van der Waals surface area contributed by atoms with Gasteiger partial charge in [0.1, 0.15) is 11.6 Å². The van der Waals surface area contributed by atoms with E-state index in [4.69, 9.17) is 0 Å². The summed E-state index contributed by atoms with van der Waals surface area (Å²) in [5.41, 5.74) is 1.00. The Morgan fingerprint density at radius 2 is 2.11 bits per heavy atom. The summed E-state index contributed by atoms with van der Waals surface area (Å²) in [4.78, 5) is 23.9. The lowest BCUT2D eigenvalue weighted by Crippen LogP contribution is -2.35. The zero-order chi connectivity index (χ0) is 18.6. The van der Waals surface area contributed by atoms with Crippen LogP contribution in [0.2, 0.25) is 0 Å². The Morgan fingerprint density at radius 1 is 1.26 bits per heavy atom. The number of hydrogen-bond donors (Lipinski definition) is 2. The number of anilines is 2. The number of amides is 1. The fourth-order valence-corrected chi connectivity index (χ4v) is 4.25. The number of nitrogens with zero attached hydrogens (tertiary/aromatic N) is 4. The van der Waals surface area contributed by atoms with Crippen LogP contribution in [0.1, 0.15) is 50.0 Å². The van der Waals surface area contributed by atoms with Gasteiger partial charge in [0.15, 0.2) is 5.82 Å². The smallest absolute Gasteiger partial charge is 0.225 e. The highest BCUT2D eigenvalue weighted by molar-refractivity contribution is 5.79. The molecule has 0 radical (unpaired) electrons. The van der Waals surface area contributed by atoms with Gasteiger partial charge >= 0.3 is 0 Å². The third-order valence-electron chi connectivity index (χ3n) is 5.69. The van der Waals surface area contributed by atoms with Gasteiger partial charge in [-0.2, -0.15) is 5.10 Å². The molecule has 144 valence electrons. The average Bonchev–Trinajstić information content (AvgIpc) is 3.31. The van der Waals surface area contributed by atoms with Crippen molar-refractivity contribution in [1.29, 1.82) is 0 Å². The predicted molar refractivity (Wildman–Crippen MR) is 104 cm³/mol. The summed E-state index contributed by atoms with van der Waals surface area (Å²) in [6, 6.07) is 3.79. The van der Waals surface area contributed by atoms with Crippen molar-refractivity contribution in [2.45, 2.75) is 51.9 Å². The summed E-state index contributed by atoms with van der Waals surface area (Å²) >= 11 is 0. The standard InChI is InChI=1S/C20H28N6O/c1-14-11-19(25-24-14)23-17-7-9-21-18(22-17)12-15-8-10-26(13-15)20(27)16-5-3-2-4-6-16/h7,9,11,15-16H,2-6,8,10,12-13H2,1H3,(H2,21,22,23,24,25)/t15-/m1/s1. The second-order valence-electron chi connectivity index (χ2n) is 7.90. The van der Waals surface area contributed by atoms with Crippen molar-refractivity contribution in [2.75, 3.05) is 18.4 Å². The minimum atomic E-state index is 0.263. The van der Waals surface area contributed by atoms with Gasteiger partial charge in [-0.05, 0) is 38.2 Å². The van der Waals surface area contributed by atoms with Crippen molar-refractivity contribution in [3.05, 3.63) is 29.8 Å². The summed E-state index contributed by atoms with van der Waals surface area (Å²) in [6.07, 6.45) is 9.47. The maximum absolute atomic E-state index is 12.7. The van der Waals surface area contributed by atoms with Crippen LogP contribution in [-0.4, -0.2) is 44.1 Å². The molecule has 1 aliphatic carbocycles. The van der Waals surface area contributed by atoms with Gasteiger partial charge in [-0.15, -0.1) is 0 Å². The first-order chi connectivity index (χ1) is 13.2. The maximum atomic E-state index is 12.7. The first-order valence-electron chi connectivity index (χ1n) is 10.1. The van der Waals surface area contributed by atoms with E-state index >= 15 is 0 Å². The van der Waals surface area contributed by atoms with Crippen molar-refractivity contribution in [1.82, 2.24) is 25.1 Å². The first-order valence-corrected chi connectivity index (χ1v) is 10.1. The number of aromatic amines is 1. The first kappa shape index (κ1) is 17.9. The number of nitrogens with one attached hydrogen (secondary N) is 2. The zero-order valence-electron chi connectivity index (χ0n) is 15.9. The Morgan fingerprint density at radius 3 is 2.89 bits per heavy atom. The zero-order valence-corrected chi connectivity index (χ0v) is 15.9. The van der Waals surface area contributed by atoms with Gasteiger partial charge in [0.25, 0.3) is 0 Å². The van der Waals surface area contributed by atoms with Crippen molar-refractivity contribution >= 4 is 17.5 Å². The number of aromatic nitrogens is 4. The van der Waals surface area contributed by atoms with Gasteiger partial charge in [-0.3, -0.25) is 9.89 Å². The Labute approximate surface area is 160 Å². The van der Waals surface area contributed by atoms with Gasteiger partial charge < -0.3 is 10.2 Å². The lowest BCUT2D eigenvalue weighted by molar-refractivity contribution is -0.135. The molecule has 1 saturated carbocycles. The quantitative estimate of drug-likeness (QED) is 0.846. The number of carbonyl (C=O) groups is 1. The third kappa shape index (κ3) is 4.46. The number of aryl methyl sites for hydroxylation is 1. The monoisotopic (exact) mass is 368 g/mol. The second-order valence-corrected chi connectivity index (χ2v) is 7.90. The van der Waals surface area contributed by atoms with E-state index in [-0.39, 0.29) is 5.92 Å². The predicted octanol–water partition coefficient (Wildman–Crippen LogP) is 3.22. The molecule has 27 heavy (non-hydrogen) atoms. The van der Waals surface area contributed by atoms with Crippen LogP contribution in [0.3, 0.4) is 0 Å². The molecule has 2 fully saturated rings. The fourth-order valence-electron chi connectivity index (χ4n) is 4.25. The topological polar surface area (TPSA) is 86.8 Å². The highest BCUT2D eigenvalue weighted by Gasteiger charge is 2.31. The number of hydrogen-bond acceptors (Lipinski definition) is 5. The molecule has 1 saturated heterocycles. The molecule has 7 nitrogen and oxygen atoms in total. The van der Waals surface area contributed by atoms with Gasteiger partial charge in [0, 0.05) is 43.4 Å². The summed E-state index contributed by atoms with van der Waals surface area (Å²) in [5.74, 6) is 3.41. The molecule has 3 heterocycles. The Balaban J connectivity index is 1.33. The minimum Gasteiger partial charge on any atom is -0.342 e. The Bertz CT molecular complexity index is 782. The largest absolute Gasteiger partial charge is 0.342 e. The molecule has 2 N–H and O–H groups in total. The maximum Gasteiger partial charge on any atom is 0.225 e. The van der Waals surface area contributed by atoms with Crippen LogP contribution in [0.15, 0.2) is 18.3 Å². The average molecular weight is 368 g/mol. The Kier molecular flexibility index (Phi) is 5.36. The molecule has 1 amide bonds. The van der Waals surface area contributed by atoms with Gasteiger partial charge in [-0.25, -0.2) is 9.97 Å². The molecule has 2 aromatic rings. The molecule has 4 rings (SSSR count). The van der Waals surface area contributed by atoms with E-state index in [1.54, 1.807) is 6.20 Å². The van der Waals surface area contributed by atoms with E-state index < -0.39 is 0 Å². The van der Waals surface area contributed by atoms with Crippen molar-refractivity contribution in [3.63, 3.8) is 0 Å². The van der Waals surface area contributed by atoms with Gasteiger partial charge in [0.05, 0.1) is 0 Å². The number of likely N-dealkylation sites (tertiary alicyclic amines) is 1. The van der Waals surface area contributed by atoms with Crippen molar-refractivity contribution in [2.24, 2.45) is 11.8 Å². The lowest BCUT2D eigenvalue weighted by Gasteiger charge is -2.26. The Hall–Kier alpha value is -2.44. The van der Waals surface area contributed by atoms with Gasteiger partial charge in [0.2, 0.25) is 5.91 Å². The van der Waals surface area contributed by atoms with Crippen LogP contribution >= 0.6 is 0 Å². The van der Waals surface area contributed by atoms with E-state index in [0.717, 1.165) is 61.9 Å². The van der Waals surface area contributed by atoms with E-state index in [1.165, 1.54) is 19.3 Å². The van der Waals surface area contributed by atoms with E-state index in [0.29, 0.717) is 11.8 Å². The van der Waals surface area contributed by atoms with Crippen LogP contribution in [0.5, 0.6) is 0 Å². The summed E-state index contributed by atoms with van der Waals surface area (Å²) in [5, 5.41) is 10.3. The van der Waals surface area contributed by atoms with Crippen LogP contribution in [-0.2, 0) is 11.2 Å². The highest BCUT2D eigenvalue weighted by atomic mass is 16.2. The summed E-state index contributed by atoms with van der Waals surface area (Å²) in [7, 11) is 0. The van der Waals surface area contributed by atoms with E-state index in [9.17, 15) is 4.79 Å². The summed E-state index contributed by atoms with van der Waals surface area (Å²) in [6.45, 7) is 3.68. The van der Waals surface area contributed by atoms with Gasteiger partial charge in [-0.1, -0.05) is 19.3 Å². The highest BCUT2D eigenvalue weighted by Crippen LogP contribution is 2.28. The van der Waals surface area contributed by atoms with Crippen LogP contribution in [0, 0.1) is 18.8 Å². The molecule has 1 aliphatic heterocycles. The third-order valence-corrected chi connectivity index (χ3v) is 5.69. The van der Waals surface area contributed by atoms with E-state index in [2.05, 4.69) is 30.4 Å². The van der Waals surface area contributed by atoms with Crippen LogP contribution < -0.4 is 5.32 Å². The summed E-state index contributed by atoms with van der Waals surface area (Å²) < 4.78 is 0. The second kappa shape index (κ2) is 8.06. The number of carbonyl (C=O) groups excluding carboxylic acids is 1. The molecular weight excluding hydrogens is 340 g/mol. The SMILES string of the molecule is Cc1cc(Nc2ccnc(C[C@H]3CCN(C(=O)C4CCCCC4)C3)n2)n[nH]1. The van der Waals surface area contributed by atoms with Crippen LogP contribution in [0.25, 0.3) is 0 Å². The molecule has 2 aliphatic rings. The lowest BCUT2D eigenvalue weighted by atomic mass is 9.88. The molecular formula is C20H28N6O. The molecule has 7 heteroatoms. The fraction of sp³-hybridized carbons (Fsp3) is 0.600. The van der Waals surface area contributed by atoms with Crippen LogP contribution in [0.4, 0.5) is 11.6 Å². The normalized spacial score (nSPS) is 20.8. The molecule has 0 unspecified atom stereocenters. The molecule has 0 bridgehead atoms. The van der Waals surface area contributed by atoms with Crippen molar-refractivity contribution < 1.29 is 4.79 Å². The van der Waals surface area contributed by atoms with E-state index in [1.807, 2.05) is 19.1 Å². The molecule has 2 aromatic heterocycles. The molecule has 0 spiro atoms. The number of rotatable bonds is 5. The minimum absolute atomic E-state index is 0.263.